The number of hydrogen-bond donors (Lipinski definition) is 1. The molecular formula is C18H22FN5OS. The third kappa shape index (κ3) is 3.08. The molecule has 0 unspecified atom stereocenters. The van der Waals surface area contributed by atoms with E-state index < -0.39 is 0 Å². The highest BCUT2D eigenvalue weighted by Crippen LogP contribution is 2.40. The van der Waals surface area contributed by atoms with Crippen LogP contribution in [0.4, 0.5) is 4.39 Å². The number of thiazole rings is 1. The lowest BCUT2D eigenvalue weighted by atomic mass is 10.0. The Labute approximate surface area is 155 Å². The third-order valence-corrected chi connectivity index (χ3v) is 5.95. The molecule has 0 bridgehead atoms. The normalized spacial score (nSPS) is 17.8. The Kier molecular flexibility index (Phi) is 4.64. The summed E-state index contributed by atoms with van der Waals surface area (Å²) in [5.41, 5.74) is 0.838. The molecule has 8 heteroatoms. The first-order chi connectivity index (χ1) is 12.6. The molecule has 0 spiro atoms. The largest absolute Gasteiger partial charge is 0.492 e. The van der Waals surface area contributed by atoms with Crippen LogP contribution in [0.3, 0.4) is 0 Å². The van der Waals surface area contributed by atoms with E-state index in [1.807, 2.05) is 13.0 Å². The van der Waals surface area contributed by atoms with Crippen molar-refractivity contribution in [3.63, 3.8) is 0 Å². The first kappa shape index (κ1) is 17.4. The highest BCUT2D eigenvalue weighted by Gasteiger charge is 2.31. The molecule has 0 amide bonds. The molecule has 0 saturated carbocycles. The van der Waals surface area contributed by atoms with Crippen LogP contribution in [-0.2, 0) is 6.42 Å². The van der Waals surface area contributed by atoms with E-state index >= 15 is 0 Å². The maximum Gasteiger partial charge on any atom is 0.230 e. The molecule has 1 saturated heterocycles. The van der Waals surface area contributed by atoms with Crippen molar-refractivity contribution in [2.45, 2.75) is 19.4 Å². The van der Waals surface area contributed by atoms with Crippen molar-refractivity contribution in [3.05, 3.63) is 46.3 Å². The van der Waals surface area contributed by atoms with Crippen molar-refractivity contribution in [1.82, 2.24) is 24.4 Å². The van der Waals surface area contributed by atoms with E-state index in [2.05, 4.69) is 26.9 Å². The average Bonchev–Trinajstić information content (AvgIpc) is 3.17. The number of aryl methyl sites for hydroxylation is 1. The van der Waals surface area contributed by atoms with Gasteiger partial charge in [0.25, 0.3) is 0 Å². The van der Waals surface area contributed by atoms with Crippen LogP contribution in [0.1, 0.15) is 29.2 Å². The molecule has 1 atom stereocenters. The Hall–Kier alpha value is -2.03. The monoisotopic (exact) mass is 375 g/mol. The standard InChI is InChI=1S/C18H22FN5OS/c1-3-14-20-18-24(21-14)17(25)16(26-18)15(12-5-4-6-13(19)11-12)23-9-7-22(2)8-10-23/h4-6,11,15,25H,3,7-10H2,1-2H3/t15-/m0/s1. The lowest BCUT2D eigenvalue weighted by Crippen LogP contribution is -2.46. The fourth-order valence-electron chi connectivity index (χ4n) is 3.40. The number of benzene rings is 1. The molecule has 0 aliphatic carbocycles. The summed E-state index contributed by atoms with van der Waals surface area (Å²) in [6.07, 6.45) is 0.717. The van der Waals surface area contributed by atoms with Crippen LogP contribution in [0, 0.1) is 5.82 Å². The second kappa shape index (κ2) is 6.94. The molecule has 2 aromatic heterocycles. The molecule has 138 valence electrons. The summed E-state index contributed by atoms with van der Waals surface area (Å²) in [7, 11) is 2.10. The van der Waals surface area contributed by atoms with E-state index in [0.29, 0.717) is 10.8 Å². The van der Waals surface area contributed by atoms with Gasteiger partial charge in [0.2, 0.25) is 10.8 Å². The van der Waals surface area contributed by atoms with Gasteiger partial charge in [-0.1, -0.05) is 30.4 Å². The van der Waals surface area contributed by atoms with Crippen LogP contribution in [0.2, 0.25) is 0 Å². The lowest BCUT2D eigenvalue weighted by Gasteiger charge is -2.37. The van der Waals surface area contributed by atoms with Crippen molar-refractivity contribution in [2.75, 3.05) is 33.2 Å². The predicted molar refractivity (Wildman–Crippen MR) is 99.2 cm³/mol. The van der Waals surface area contributed by atoms with Gasteiger partial charge in [0, 0.05) is 32.6 Å². The fourth-order valence-corrected chi connectivity index (χ4v) is 4.54. The third-order valence-electron chi connectivity index (χ3n) is 4.88. The molecule has 3 aromatic rings. The Bertz CT molecular complexity index is 916. The van der Waals surface area contributed by atoms with Gasteiger partial charge < -0.3 is 10.0 Å². The molecule has 1 aromatic carbocycles. The van der Waals surface area contributed by atoms with E-state index in [0.717, 1.165) is 43.0 Å². The zero-order valence-electron chi connectivity index (χ0n) is 14.9. The molecule has 26 heavy (non-hydrogen) atoms. The number of halogens is 1. The molecular weight excluding hydrogens is 353 g/mol. The second-order valence-electron chi connectivity index (χ2n) is 6.66. The molecule has 0 radical (unpaired) electrons. The van der Waals surface area contributed by atoms with Crippen molar-refractivity contribution in [1.29, 1.82) is 0 Å². The van der Waals surface area contributed by atoms with Gasteiger partial charge in [0.05, 0.1) is 10.9 Å². The molecule has 1 fully saturated rings. The SMILES string of the molecule is CCc1nc2sc([C@H](c3cccc(F)c3)N3CCN(C)CC3)c(O)n2n1. The Morgan fingerprint density at radius 2 is 2.04 bits per heavy atom. The zero-order valence-corrected chi connectivity index (χ0v) is 15.7. The highest BCUT2D eigenvalue weighted by atomic mass is 32.1. The van der Waals surface area contributed by atoms with Crippen molar-refractivity contribution < 1.29 is 9.50 Å². The molecule has 4 rings (SSSR count). The number of rotatable bonds is 4. The molecule has 3 heterocycles. The van der Waals surface area contributed by atoms with Crippen LogP contribution in [-0.4, -0.2) is 62.7 Å². The van der Waals surface area contributed by atoms with Gasteiger partial charge in [-0.05, 0) is 24.7 Å². The predicted octanol–water partition coefficient (Wildman–Crippen LogP) is 2.53. The van der Waals surface area contributed by atoms with Crippen molar-refractivity contribution >= 4 is 16.3 Å². The summed E-state index contributed by atoms with van der Waals surface area (Å²) in [6.45, 7) is 5.56. The highest BCUT2D eigenvalue weighted by molar-refractivity contribution is 7.17. The number of aromatic hydroxyl groups is 1. The number of fused-ring (bicyclic) bond motifs is 1. The van der Waals surface area contributed by atoms with E-state index in [4.69, 9.17) is 0 Å². The lowest BCUT2D eigenvalue weighted by molar-refractivity contribution is 0.127. The van der Waals surface area contributed by atoms with Crippen LogP contribution < -0.4 is 0 Å². The maximum absolute atomic E-state index is 13.9. The van der Waals surface area contributed by atoms with Gasteiger partial charge in [-0.2, -0.15) is 4.52 Å². The number of nitrogens with zero attached hydrogens (tertiary/aromatic N) is 5. The Balaban J connectivity index is 1.79. The summed E-state index contributed by atoms with van der Waals surface area (Å²) >= 11 is 1.42. The number of piperazine rings is 1. The molecule has 1 aliphatic rings. The van der Waals surface area contributed by atoms with E-state index in [1.165, 1.54) is 21.9 Å². The molecule has 6 nitrogen and oxygen atoms in total. The minimum atomic E-state index is -0.270. The van der Waals surface area contributed by atoms with Gasteiger partial charge in [0.15, 0.2) is 5.82 Å². The molecule has 1 N–H and O–H groups in total. The Morgan fingerprint density at radius 3 is 2.69 bits per heavy atom. The first-order valence-electron chi connectivity index (χ1n) is 8.82. The summed E-state index contributed by atoms with van der Waals surface area (Å²) in [6, 6.07) is 6.42. The maximum atomic E-state index is 13.9. The summed E-state index contributed by atoms with van der Waals surface area (Å²) in [5, 5.41) is 15.2. The summed E-state index contributed by atoms with van der Waals surface area (Å²) in [4.78, 5) is 10.5. The zero-order chi connectivity index (χ0) is 18.3. The van der Waals surface area contributed by atoms with Gasteiger partial charge in [0.1, 0.15) is 5.82 Å². The van der Waals surface area contributed by atoms with Crippen molar-refractivity contribution in [3.8, 4) is 5.88 Å². The summed E-state index contributed by atoms with van der Waals surface area (Å²) < 4.78 is 15.4. The summed E-state index contributed by atoms with van der Waals surface area (Å²) in [5.74, 6) is 0.541. The second-order valence-corrected chi connectivity index (χ2v) is 7.67. The van der Waals surface area contributed by atoms with E-state index in [9.17, 15) is 9.50 Å². The number of hydrogen-bond acceptors (Lipinski definition) is 6. The van der Waals surface area contributed by atoms with Crippen LogP contribution in [0.25, 0.3) is 4.96 Å². The van der Waals surface area contributed by atoms with Crippen LogP contribution in [0.15, 0.2) is 24.3 Å². The fraction of sp³-hybridized carbons (Fsp3) is 0.444. The molecule has 1 aliphatic heterocycles. The van der Waals surface area contributed by atoms with E-state index in [1.54, 1.807) is 12.1 Å². The quantitative estimate of drug-likeness (QED) is 0.759. The van der Waals surface area contributed by atoms with Gasteiger partial charge in [-0.15, -0.1) is 5.10 Å². The minimum absolute atomic E-state index is 0.102. The van der Waals surface area contributed by atoms with Crippen LogP contribution in [0.5, 0.6) is 5.88 Å². The van der Waals surface area contributed by atoms with Gasteiger partial charge >= 0.3 is 0 Å². The topological polar surface area (TPSA) is 56.9 Å². The van der Waals surface area contributed by atoms with Gasteiger partial charge in [-0.3, -0.25) is 4.90 Å². The van der Waals surface area contributed by atoms with E-state index in [-0.39, 0.29) is 17.7 Å². The first-order valence-corrected chi connectivity index (χ1v) is 9.64. The van der Waals surface area contributed by atoms with Crippen LogP contribution >= 0.6 is 11.3 Å². The number of aromatic nitrogens is 3. The average molecular weight is 375 g/mol. The van der Waals surface area contributed by atoms with Gasteiger partial charge in [-0.25, -0.2) is 9.37 Å². The minimum Gasteiger partial charge on any atom is -0.492 e. The number of likely N-dealkylation sites (N-methyl/N-ethyl adjacent to an activating group) is 1. The Morgan fingerprint density at radius 1 is 1.27 bits per heavy atom. The smallest absolute Gasteiger partial charge is 0.230 e. The van der Waals surface area contributed by atoms with Crippen molar-refractivity contribution in [2.24, 2.45) is 0 Å².